The minimum Gasteiger partial charge on any atom is -0.358 e. The Kier molecular flexibility index (Phi) is 6.47. The average molecular weight is 481 g/mol. The van der Waals surface area contributed by atoms with Gasteiger partial charge in [0.15, 0.2) is 0 Å². The molecule has 4 aromatic rings. The highest BCUT2D eigenvalue weighted by atomic mass is 15.1. The quantitative estimate of drug-likeness (QED) is 0.291. The highest BCUT2D eigenvalue weighted by molar-refractivity contribution is 5.76. The number of aryl methyl sites for hydroxylation is 1. The van der Waals surface area contributed by atoms with Crippen LogP contribution in [0.3, 0.4) is 0 Å². The molecule has 2 aliphatic carbocycles. The van der Waals surface area contributed by atoms with E-state index in [0.717, 1.165) is 37.7 Å². The fourth-order valence-electron chi connectivity index (χ4n) is 5.60. The Balaban J connectivity index is 1.32. The van der Waals surface area contributed by atoms with Gasteiger partial charge in [-0.25, -0.2) is 0 Å². The number of anilines is 2. The third kappa shape index (κ3) is 4.75. The van der Waals surface area contributed by atoms with Crippen LogP contribution >= 0.6 is 0 Å². The van der Waals surface area contributed by atoms with Gasteiger partial charge < -0.3 is 9.88 Å². The van der Waals surface area contributed by atoms with Crippen molar-refractivity contribution in [2.45, 2.75) is 32.1 Å². The molecule has 0 bridgehead atoms. The Morgan fingerprint density at radius 3 is 2.08 bits per heavy atom. The number of fused-ring (bicyclic) bond motifs is 1. The fourth-order valence-corrected chi connectivity index (χ4v) is 5.60. The number of para-hydroxylation sites is 2. The van der Waals surface area contributed by atoms with Gasteiger partial charge in [-0.2, -0.15) is 0 Å². The summed E-state index contributed by atoms with van der Waals surface area (Å²) in [4.78, 5) is 6.11. The Hall–Kier alpha value is -4.30. The minimum absolute atomic E-state index is 1.02. The number of aromatic nitrogens is 1. The van der Waals surface area contributed by atoms with E-state index in [1.165, 1.54) is 50.7 Å². The van der Waals surface area contributed by atoms with Crippen LogP contribution in [-0.4, -0.2) is 4.98 Å². The van der Waals surface area contributed by atoms with Crippen LogP contribution in [0.1, 0.15) is 42.5 Å². The lowest BCUT2D eigenvalue weighted by Crippen LogP contribution is -2.18. The molecular formula is C35H32N2. The van der Waals surface area contributed by atoms with Gasteiger partial charge in [-0.05, 0) is 96.9 Å². The molecule has 1 aromatic heterocycles. The SMILES string of the molecule is C=Cc1ccccc1-c1cc2c([nH]1)CCCC(C1=CC=C(N(c3ccccc3)c3ccccc3)CC1)=C2. The Morgan fingerprint density at radius 1 is 0.703 bits per heavy atom. The van der Waals surface area contributed by atoms with Crippen LogP contribution < -0.4 is 4.90 Å². The number of H-pyrrole nitrogens is 1. The van der Waals surface area contributed by atoms with Crippen LogP contribution in [0.2, 0.25) is 0 Å². The maximum Gasteiger partial charge on any atom is 0.0468 e. The van der Waals surface area contributed by atoms with E-state index in [1.54, 1.807) is 0 Å². The van der Waals surface area contributed by atoms with Crippen molar-refractivity contribution in [2.24, 2.45) is 0 Å². The largest absolute Gasteiger partial charge is 0.358 e. The molecule has 0 fully saturated rings. The van der Waals surface area contributed by atoms with Crippen LogP contribution in [0.4, 0.5) is 11.4 Å². The van der Waals surface area contributed by atoms with Gasteiger partial charge in [0.05, 0.1) is 0 Å². The van der Waals surface area contributed by atoms with Crippen LogP contribution in [0, 0.1) is 0 Å². The van der Waals surface area contributed by atoms with Crippen molar-refractivity contribution in [3.8, 4) is 11.3 Å². The molecule has 2 heteroatoms. The van der Waals surface area contributed by atoms with Gasteiger partial charge in [0.2, 0.25) is 0 Å². The summed E-state index contributed by atoms with van der Waals surface area (Å²) < 4.78 is 0. The monoisotopic (exact) mass is 480 g/mol. The number of hydrogen-bond donors (Lipinski definition) is 1. The molecule has 2 aliphatic rings. The first-order chi connectivity index (χ1) is 18.3. The summed E-state index contributed by atoms with van der Waals surface area (Å²) in [6, 6.07) is 32.2. The van der Waals surface area contributed by atoms with Crippen LogP contribution in [0.25, 0.3) is 23.4 Å². The van der Waals surface area contributed by atoms with Crippen molar-refractivity contribution in [3.63, 3.8) is 0 Å². The van der Waals surface area contributed by atoms with Crippen molar-refractivity contribution in [2.75, 3.05) is 4.90 Å². The third-order valence-electron chi connectivity index (χ3n) is 7.46. The lowest BCUT2D eigenvalue weighted by atomic mass is 9.91. The molecule has 3 aromatic carbocycles. The van der Waals surface area contributed by atoms with Gasteiger partial charge in [0.1, 0.15) is 0 Å². The second-order valence-corrected chi connectivity index (χ2v) is 9.79. The summed E-state index contributed by atoms with van der Waals surface area (Å²) in [5, 5.41) is 0. The average Bonchev–Trinajstić information content (AvgIpc) is 3.25. The first kappa shape index (κ1) is 23.1. The summed E-state index contributed by atoms with van der Waals surface area (Å²) in [7, 11) is 0. The van der Waals surface area contributed by atoms with Gasteiger partial charge in [-0.3, -0.25) is 0 Å². The normalized spacial score (nSPS) is 15.1. The molecule has 182 valence electrons. The maximum atomic E-state index is 4.00. The maximum absolute atomic E-state index is 4.00. The van der Waals surface area contributed by atoms with Gasteiger partial charge in [0.25, 0.3) is 0 Å². The first-order valence-corrected chi connectivity index (χ1v) is 13.2. The summed E-state index contributed by atoms with van der Waals surface area (Å²) in [6.07, 6.45) is 14.5. The smallest absolute Gasteiger partial charge is 0.0468 e. The van der Waals surface area contributed by atoms with Gasteiger partial charge in [-0.15, -0.1) is 0 Å². The van der Waals surface area contributed by atoms with E-state index in [9.17, 15) is 0 Å². The number of hydrogen-bond acceptors (Lipinski definition) is 1. The number of nitrogens with zero attached hydrogens (tertiary/aromatic N) is 1. The molecule has 0 atom stereocenters. The number of aromatic amines is 1. The van der Waals surface area contributed by atoms with E-state index in [2.05, 4.69) is 126 Å². The standard InChI is InChI=1S/C35H32N2/c1-2-26-12-9-10-18-33(26)35-25-29-24-28(13-11-19-34(29)36-35)27-20-22-32(23-21-27)37(30-14-5-3-6-15-30)31-16-7-4-8-17-31/h2-10,12,14-18,20,22,24-25,36H,1,11,13,19,21,23H2. The first-order valence-electron chi connectivity index (χ1n) is 13.2. The van der Waals surface area contributed by atoms with Crippen molar-refractivity contribution >= 4 is 23.5 Å². The van der Waals surface area contributed by atoms with Crippen LogP contribution in [-0.2, 0) is 6.42 Å². The van der Waals surface area contributed by atoms with E-state index >= 15 is 0 Å². The third-order valence-corrected chi connectivity index (χ3v) is 7.46. The van der Waals surface area contributed by atoms with E-state index in [0.29, 0.717) is 0 Å². The highest BCUT2D eigenvalue weighted by Gasteiger charge is 2.20. The molecule has 1 N–H and O–H groups in total. The van der Waals surface area contributed by atoms with E-state index in [4.69, 9.17) is 0 Å². The summed E-state index contributed by atoms with van der Waals surface area (Å²) in [6.45, 7) is 4.00. The molecular weight excluding hydrogens is 448 g/mol. The van der Waals surface area contributed by atoms with Crippen molar-refractivity contribution in [1.29, 1.82) is 0 Å². The molecule has 0 spiro atoms. The van der Waals surface area contributed by atoms with Gasteiger partial charge >= 0.3 is 0 Å². The van der Waals surface area contributed by atoms with Crippen LogP contribution in [0.5, 0.6) is 0 Å². The van der Waals surface area contributed by atoms with Crippen LogP contribution in [0.15, 0.2) is 127 Å². The molecule has 0 aliphatic heterocycles. The predicted octanol–water partition coefficient (Wildman–Crippen LogP) is 9.49. The zero-order valence-corrected chi connectivity index (χ0v) is 21.2. The highest BCUT2D eigenvalue weighted by Crippen LogP contribution is 2.38. The summed E-state index contributed by atoms with van der Waals surface area (Å²) in [5.41, 5.74) is 12.9. The zero-order chi connectivity index (χ0) is 25.0. The van der Waals surface area contributed by atoms with Gasteiger partial charge in [-0.1, -0.05) is 79.4 Å². The molecule has 1 heterocycles. The van der Waals surface area contributed by atoms with Gasteiger partial charge in [0, 0.05) is 34.0 Å². The van der Waals surface area contributed by atoms with E-state index in [1.807, 2.05) is 6.08 Å². The van der Waals surface area contributed by atoms with Crippen molar-refractivity contribution < 1.29 is 0 Å². The van der Waals surface area contributed by atoms with E-state index < -0.39 is 0 Å². The lowest BCUT2D eigenvalue weighted by Gasteiger charge is -2.30. The summed E-state index contributed by atoms with van der Waals surface area (Å²) in [5.74, 6) is 0. The second-order valence-electron chi connectivity index (χ2n) is 9.79. The topological polar surface area (TPSA) is 19.0 Å². The zero-order valence-electron chi connectivity index (χ0n) is 21.2. The molecule has 0 unspecified atom stereocenters. The number of benzene rings is 3. The molecule has 37 heavy (non-hydrogen) atoms. The Morgan fingerprint density at radius 2 is 1.41 bits per heavy atom. The second kappa shape index (κ2) is 10.4. The van der Waals surface area contributed by atoms with E-state index in [-0.39, 0.29) is 0 Å². The summed E-state index contributed by atoms with van der Waals surface area (Å²) >= 11 is 0. The van der Waals surface area contributed by atoms with Crippen molar-refractivity contribution in [3.05, 3.63) is 143 Å². The Bertz CT molecular complexity index is 1460. The molecule has 0 saturated carbocycles. The molecule has 0 saturated heterocycles. The minimum atomic E-state index is 1.02. The predicted molar refractivity (Wildman–Crippen MR) is 158 cm³/mol. The molecule has 6 rings (SSSR count). The number of allylic oxidation sites excluding steroid dienone is 5. The molecule has 2 nitrogen and oxygen atoms in total. The number of nitrogens with one attached hydrogen (secondary N) is 1. The Labute approximate surface area is 220 Å². The molecule has 0 radical (unpaired) electrons. The number of rotatable bonds is 6. The fraction of sp³-hybridized carbons (Fsp3) is 0.143. The molecule has 0 amide bonds. The lowest BCUT2D eigenvalue weighted by molar-refractivity contribution is 0.792. The van der Waals surface area contributed by atoms with Crippen molar-refractivity contribution in [1.82, 2.24) is 4.98 Å².